The lowest BCUT2D eigenvalue weighted by Gasteiger charge is -2.10. The highest BCUT2D eigenvalue weighted by Gasteiger charge is 2.16. The molecule has 0 aliphatic rings. The van der Waals surface area contributed by atoms with Crippen LogP contribution in [-0.4, -0.2) is 40.9 Å². The average Bonchev–Trinajstić information content (AvgIpc) is 2.93. The topological polar surface area (TPSA) is 97.1 Å². The Morgan fingerprint density at radius 2 is 1.88 bits per heavy atom. The van der Waals surface area contributed by atoms with Crippen LogP contribution in [0.15, 0.2) is 30.3 Å². The zero-order chi connectivity index (χ0) is 18.9. The molecule has 8 heteroatoms. The van der Waals surface area contributed by atoms with Crippen LogP contribution < -0.4 is 4.72 Å². The predicted molar refractivity (Wildman–Crippen MR) is 102 cm³/mol. The number of aromatic nitrogens is 3. The second-order valence-electron chi connectivity index (χ2n) is 6.23. The van der Waals surface area contributed by atoms with Gasteiger partial charge in [-0.1, -0.05) is 19.1 Å². The van der Waals surface area contributed by atoms with Gasteiger partial charge in [-0.2, -0.15) is 0 Å². The maximum absolute atomic E-state index is 11.6. The maximum Gasteiger partial charge on any atom is 0.230 e. The normalized spacial score (nSPS) is 11.8. The lowest BCUT2D eigenvalue weighted by molar-refractivity contribution is 0.299. The van der Waals surface area contributed by atoms with Gasteiger partial charge in [0, 0.05) is 18.7 Å². The summed E-state index contributed by atoms with van der Waals surface area (Å²) in [6.45, 7) is 4.01. The van der Waals surface area contributed by atoms with Crippen molar-refractivity contribution >= 4 is 27.0 Å². The molecule has 2 heterocycles. The molecule has 0 saturated heterocycles. The number of aliphatic hydroxyl groups is 1. The molecule has 2 aromatic heterocycles. The third-order valence-corrected chi connectivity index (χ3v) is 4.66. The highest BCUT2D eigenvalue weighted by atomic mass is 32.2. The molecule has 0 atom stereocenters. The van der Waals surface area contributed by atoms with Crippen LogP contribution in [0.4, 0.5) is 5.82 Å². The molecular weight excluding hydrogens is 352 g/mol. The molecular formula is C18H22N4O3S. The summed E-state index contributed by atoms with van der Waals surface area (Å²) in [6.07, 6.45) is 2.41. The fraction of sp³-hybridized carbons (Fsp3) is 0.333. The Morgan fingerprint density at radius 3 is 2.46 bits per heavy atom. The predicted octanol–water partition coefficient (Wildman–Crippen LogP) is 2.20. The summed E-state index contributed by atoms with van der Waals surface area (Å²) >= 11 is 0. The summed E-state index contributed by atoms with van der Waals surface area (Å²) in [6, 6.07) is 9.52. The number of hydrogen-bond acceptors (Lipinski definition) is 5. The summed E-state index contributed by atoms with van der Waals surface area (Å²) in [7, 11) is -3.42. The molecule has 3 aromatic rings. The van der Waals surface area contributed by atoms with E-state index in [1.807, 2.05) is 42.7 Å². The number of pyridine rings is 1. The molecule has 0 fully saturated rings. The first-order valence-corrected chi connectivity index (χ1v) is 10.3. The molecule has 7 nitrogen and oxygen atoms in total. The van der Waals surface area contributed by atoms with Crippen LogP contribution in [0.25, 0.3) is 16.9 Å². The van der Waals surface area contributed by atoms with Crippen molar-refractivity contribution in [2.75, 3.05) is 17.6 Å². The fourth-order valence-electron chi connectivity index (χ4n) is 2.94. The molecule has 0 unspecified atom stereocenters. The molecule has 2 N–H and O–H groups in total. The Hall–Kier alpha value is -2.45. The van der Waals surface area contributed by atoms with Crippen molar-refractivity contribution in [3.63, 3.8) is 0 Å². The quantitative estimate of drug-likeness (QED) is 0.689. The monoisotopic (exact) mass is 374 g/mol. The van der Waals surface area contributed by atoms with Gasteiger partial charge in [0.25, 0.3) is 0 Å². The first-order chi connectivity index (χ1) is 12.3. The van der Waals surface area contributed by atoms with E-state index >= 15 is 0 Å². The highest BCUT2D eigenvalue weighted by Crippen LogP contribution is 2.25. The van der Waals surface area contributed by atoms with Crippen molar-refractivity contribution in [2.45, 2.75) is 26.7 Å². The molecule has 0 radical (unpaired) electrons. The Morgan fingerprint density at radius 1 is 1.19 bits per heavy atom. The van der Waals surface area contributed by atoms with Crippen LogP contribution >= 0.6 is 0 Å². The van der Waals surface area contributed by atoms with Gasteiger partial charge in [0.15, 0.2) is 5.65 Å². The van der Waals surface area contributed by atoms with Crippen molar-refractivity contribution < 1.29 is 13.5 Å². The second-order valence-corrected chi connectivity index (χ2v) is 7.98. The third-order valence-electron chi connectivity index (χ3n) is 4.08. The lowest BCUT2D eigenvalue weighted by atomic mass is 10.1. The Kier molecular flexibility index (Phi) is 4.97. The van der Waals surface area contributed by atoms with Gasteiger partial charge in [0.1, 0.15) is 17.2 Å². The van der Waals surface area contributed by atoms with E-state index < -0.39 is 10.0 Å². The van der Waals surface area contributed by atoms with Gasteiger partial charge in [-0.05, 0) is 42.7 Å². The number of hydrogen-bond donors (Lipinski definition) is 2. The van der Waals surface area contributed by atoms with E-state index in [1.54, 1.807) is 6.07 Å². The lowest BCUT2D eigenvalue weighted by Crippen LogP contribution is -2.11. The van der Waals surface area contributed by atoms with Crippen molar-refractivity contribution in [3.8, 4) is 5.69 Å². The molecule has 0 bridgehead atoms. The summed E-state index contributed by atoms with van der Waals surface area (Å²) in [5.41, 5.74) is 4.16. The minimum atomic E-state index is -3.42. The summed E-state index contributed by atoms with van der Waals surface area (Å²) < 4.78 is 27.5. The van der Waals surface area contributed by atoms with Gasteiger partial charge in [0.2, 0.25) is 10.0 Å². The number of aryl methyl sites for hydroxylation is 2. The van der Waals surface area contributed by atoms with Crippen molar-refractivity contribution in [2.24, 2.45) is 0 Å². The van der Waals surface area contributed by atoms with E-state index in [0.717, 1.165) is 34.4 Å². The molecule has 138 valence electrons. The van der Waals surface area contributed by atoms with Gasteiger partial charge in [0.05, 0.1) is 6.26 Å². The zero-order valence-electron chi connectivity index (χ0n) is 15.0. The fourth-order valence-corrected chi connectivity index (χ4v) is 3.42. The van der Waals surface area contributed by atoms with Gasteiger partial charge in [-0.25, -0.2) is 18.4 Å². The number of sulfonamides is 1. The van der Waals surface area contributed by atoms with E-state index in [-0.39, 0.29) is 12.4 Å². The highest BCUT2D eigenvalue weighted by molar-refractivity contribution is 7.92. The Balaban J connectivity index is 2.19. The number of nitrogens with one attached hydrogen (secondary N) is 1. The van der Waals surface area contributed by atoms with E-state index in [4.69, 9.17) is 5.11 Å². The molecule has 1 aromatic carbocycles. The molecule has 3 rings (SSSR count). The SMILES string of the molecule is CCc1nc2c(C)cc(NS(C)(=O)=O)nc2n1-c1ccc(CCO)cc1. The van der Waals surface area contributed by atoms with E-state index in [0.29, 0.717) is 18.5 Å². The first kappa shape index (κ1) is 18.3. The van der Waals surface area contributed by atoms with Crippen LogP contribution in [-0.2, 0) is 22.9 Å². The largest absolute Gasteiger partial charge is 0.396 e. The maximum atomic E-state index is 11.6. The summed E-state index contributed by atoms with van der Waals surface area (Å²) in [5, 5.41) is 9.07. The van der Waals surface area contributed by atoms with E-state index in [1.165, 1.54) is 0 Å². The molecule has 0 saturated carbocycles. The van der Waals surface area contributed by atoms with Crippen molar-refractivity contribution in [3.05, 3.63) is 47.3 Å². The van der Waals surface area contributed by atoms with Gasteiger partial charge in [-0.3, -0.25) is 9.29 Å². The van der Waals surface area contributed by atoms with Gasteiger partial charge < -0.3 is 5.11 Å². The number of rotatable bonds is 6. The minimum absolute atomic E-state index is 0.106. The van der Waals surface area contributed by atoms with Crippen LogP contribution in [0.1, 0.15) is 23.9 Å². The second kappa shape index (κ2) is 7.05. The van der Waals surface area contributed by atoms with Gasteiger partial charge >= 0.3 is 0 Å². The zero-order valence-corrected chi connectivity index (χ0v) is 15.8. The molecule has 0 amide bonds. The number of imidazole rings is 1. The smallest absolute Gasteiger partial charge is 0.230 e. The summed E-state index contributed by atoms with van der Waals surface area (Å²) in [5.74, 6) is 1.13. The van der Waals surface area contributed by atoms with Crippen molar-refractivity contribution in [1.29, 1.82) is 0 Å². The molecule has 26 heavy (non-hydrogen) atoms. The van der Waals surface area contributed by atoms with E-state index in [2.05, 4.69) is 14.7 Å². The number of anilines is 1. The third kappa shape index (κ3) is 3.71. The number of fused-ring (bicyclic) bond motifs is 1. The van der Waals surface area contributed by atoms with E-state index in [9.17, 15) is 8.42 Å². The number of benzene rings is 1. The first-order valence-electron chi connectivity index (χ1n) is 8.39. The summed E-state index contributed by atoms with van der Waals surface area (Å²) in [4.78, 5) is 9.18. The Labute approximate surface area is 152 Å². The molecule has 0 aliphatic carbocycles. The van der Waals surface area contributed by atoms with Gasteiger partial charge in [-0.15, -0.1) is 0 Å². The van der Waals surface area contributed by atoms with Crippen LogP contribution in [0.2, 0.25) is 0 Å². The van der Waals surface area contributed by atoms with Crippen molar-refractivity contribution in [1.82, 2.24) is 14.5 Å². The average molecular weight is 374 g/mol. The number of nitrogens with zero attached hydrogens (tertiary/aromatic N) is 3. The van der Waals surface area contributed by atoms with Crippen LogP contribution in [0.3, 0.4) is 0 Å². The standard InChI is InChI=1S/C18H22N4O3S/c1-4-16-20-17-12(2)11-15(21-26(3,24)25)19-18(17)22(16)14-7-5-13(6-8-14)9-10-23/h5-8,11,23H,4,9-10H2,1-3H3,(H,19,21). The minimum Gasteiger partial charge on any atom is -0.396 e. The van der Waals surface area contributed by atoms with Crippen LogP contribution in [0.5, 0.6) is 0 Å². The Bertz CT molecular complexity index is 1040. The molecule has 0 aliphatic heterocycles. The number of aliphatic hydroxyl groups excluding tert-OH is 1. The van der Waals surface area contributed by atoms with Crippen LogP contribution in [0, 0.1) is 6.92 Å². The molecule has 0 spiro atoms.